The zero-order valence-electron chi connectivity index (χ0n) is 19.0. The molecule has 4 rings (SSSR count). The summed E-state index contributed by atoms with van der Waals surface area (Å²) < 4.78 is 64.1. The lowest BCUT2D eigenvalue weighted by molar-refractivity contribution is -0.123. The summed E-state index contributed by atoms with van der Waals surface area (Å²) in [6, 6.07) is 7.17. The molecule has 9 nitrogen and oxygen atoms in total. The second-order valence-electron chi connectivity index (χ2n) is 8.05. The van der Waals surface area contributed by atoms with Gasteiger partial charge in [0.1, 0.15) is 29.8 Å². The van der Waals surface area contributed by atoms with Crippen molar-refractivity contribution in [2.45, 2.75) is 25.8 Å². The number of fused-ring (bicyclic) bond motifs is 1. The lowest BCUT2D eigenvalue weighted by Gasteiger charge is -2.19. The van der Waals surface area contributed by atoms with Crippen LogP contribution in [0.4, 0.5) is 30.4 Å². The SMILES string of the molecule is CC(C#N)NC(=O)COc1cc(F)ccc1Nc1ncnc2cc(N=S3(=O)CCC3)cc(C(F)F)c12. The number of nitrogens with one attached hydrogen (secondary N) is 2. The monoisotopic (exact) mass is 518 g/mol. The molecule has 188 valence electrons. The van der Waals surface area contributed by atoms with Crippen LogP contribution in [0.1, 0.15) is 25.3 Å². The number of amides is 1. The van der Waals surface area contributed by atoms with Crippen LogP contribution in [0.5, 0.6) is 5.75 Å². The van der Waals surface area contributed by atoms with Crippen LogP contribution in [0.25, 0.3) is 10.9 Å². The highest BCUT2D eigenvalue weighted by molar-refractivity contribution is 7.95. The number of hydrogen-bond acceptors (Lipinski definition) is 8. The summed E-state index contributed by atoms with van der Waals surface area (Å²) in [5.74, 6) is -0.493. The minimum Gasteiger partial charge on any atom is -0.481 e. The van der Waals surface area contributed by atoms with E-state index in [2.05, 4.69) is 25.0 Å². The van der Waals surface area contributed by atoms with Crippen molar-refractivity contribution in [1.29, 1.82) is 5.26 Å². The van der Waals surface area contributed by atoms with E-state index in [0.717, 1.165) is 30.9 Å². The van der Waals surface area contributed by atoms with E-state index >= 15 is 0 Å². The number of carbonyl (C=O) groups excluding carboxylic acids is 1. The van der Waals surface area contributed by atoms with Gasteiger partial charge in [0.25, 0.3) is 12.3 Å². The molecule has 0 saturated carbocycles. The largest absolute Gasteiger partial charge is 0.481 e. The standard InChI is InChI=1S/C23H21F3N6O3S/c1-13(10-27)30-20(33)11-35-19-7-14(24)3-4-17(19)31-23-21-16(22(25)26)8-15(9-18(21)28-12-29-23)32-36(34)5-2-6-36/h3-4,7-9,12-13,22H,2,5-6,11H2,1H3,(H,30,33)(H,28,29,31). The Bertz CT molecular complexity index is 1470. The molecule has 1 aliphatic rings. The quantitative estimate of drug-likeness (QED) is 0.453. The molecule has 1 amide bonds. The molecule has 13 heteroatoms. The van der Waals surface area contributed by atoms with Gasteiger partial charge in [-0.1, -0.05) is 0 Å². The van der Waals surface area contributed by atoms with E-state index in [0.29, 0.717) is 11.5 Å². The molecule has 1 aliphatic heterocycles. The summed E-state index contributed by atoms with van der Waals surface area (Å²) in [7, 11) is -2.43. The van der Waals surface area contributed by atoms with Gasteiger partial charge in [-0.3, -0.25) is 4.79 Å². The topological polar surface area (TPSA) is 129 Å². The number of nitriles is 1. The highest BCUT2D eigenvalue weighted by Crippen LogP contribution is 2.38. The molecule has 2 N–H and O–H groups in total. The van der Waals surface area contributed by atoms with Gasteiger partial charge in [-0.15, -0.1) is 0 Å². The lowest BCUT2D eigenvalue weighted by atomic mass is 10.1. The summed E-state index contributed by atoms with van der Waals surface area (Å²) >= 11 is 0. The molecule has 0 bridgehead atoms. The molecule has 0 spiro atoms. The van der Waals surface area contributed by atoms with Crippen molar-refractivity contribution in [3.05, 3.63) is 48.0 Å². The Hall–Kier alpha value is -3.92. The number of carbonyl (C=O) groups is 1. The fourth-order valence-electron chi connectivity index (χ4n) is 3.51. The average Bonchev–Trinajstić information content (AvgIpc) is 2.82. The second kappa shape index (κ2) is 10.4. The second-order valence-corrected chi connectivity index (χ2v) is 10.6. The van der Waals surface area contributed by atoms with Crippen molar-refractivity contribution in [2.75, 3.05) is 23.4 Å². The molecule has 1 unspecified atom stereocenters. The maximum atomic E-state index is 14.1. The Morgan fingerprint density at radius 3 is 2.72 bits per heavy atom. The minimum absolute atomic E-state index is 0.00544. The number of aromatic nitrogens is 2. The molecule has 36 heavy (non-hydrogen) atoms. The smallest absolute Gasteiger partial charge is 0.264 e. The molecular weight excluding hydrogens is 497 g/mol. The molecule has 0 aliphatic carbocycles. The van der Waals surface area contributed by atoms with Crippen molar-refractivity contribution < 1.29 is 26.9 Å². The number of ether oxygens (including phenoxy) is 1. The van der Waals surface area contributed by atoms with Gasteiger partial charge in [0.15, 0.2) is 6.61 Å². The molecule has 2 aromatic carbocycles. The van der Waals surface area contributed by atoms with Crippen LogP contribution in [0.15, 0.2) is 41.0 Å². The fraction of sp³-hybridized carbons (Fsp3) is 0.304. The minimum atomic E-state index is -2.91. The summed E-state index contributed by atoms with van der Waals surface area (Å²) in [4.78, 5) is 20.1. The number of anilines is 2. The highest BCUT2D eigenvalue weighted by Gasteiger charge is 2.22. The summed E-state index contributed by atoms with van der Waals surface area (Å²) in [5.41, 5.74) is 0.0476. The van der Waals surface area contributed by atoms with Gasteiger partial charge in [-0.25, -0.2) is 27.3 Å². The third-order valence-corrected chi connectivity index (χ3v) is 7.71. The fourth-order valence-corrected chi connectivity index (χ4v) is 4.96. The lowest BCUT2D eigenvalue weighted by Crippen LogP contribution is -2.35. The molecule has 1 fully saturated rings. The van der Waals surface area contributed by atoms with Gasteiger partial charge in [-0.2, -0.15) is 9.62 Å². The van der Waals surface area contributed by atoms with Crippen molar-refractivity contribution in [2.24, 2.45) is 4.36 Å². The maximum absolute atomic E-state index is 14.1. The summed E-state index contributed by atoms with van der Waals surface area (Å²) in [6.45, 7) is 0.970. The van der Waals surface area contributed by atoms with E-state index < -0.39 is 46.1 Å². The van der Waals surface area contributed by atoms with E-state index in [1.807, 2.05) is 6.07 Å². The maximum Gasteiger partial charge on any atom is 0.264 e. The van der Waals surface area contributed by atoms with Gasteiger partial charge in [0.2, 0.25) is 0 Å². The normalized spacial score (nSPS) is 15.0. The van der Waals surface area contributed by atoms with Crippen LogP contribution in [-0.4, -0.2) is 44.2 Å². The Morgan fingerprint density at radius 2 is 2.06 bits per heavy atom. The number of alkyl halides is 2. The van der Waals surface area contributed by atoms with Crippen molar-refractivity contribution in [3.8, 4) is 11.8 Å². The molecule has 0 radical (unpaired) electrons. The number of hydrogen-bond donors (Lipinski definition) is 2. The number of rotatable bonds is 8. The molecular formula is C23H21F3N6O3S. The summed E-state index contributed by atoms with van der Waals surface area (Å²) in [6.07, 6.45) is -0.981. The first-order valence-electron chi connectivity index (χ1n) is 10.8. The van der Waals surface area contributed by atoms with Gasteiger partial charge in [0.05, 0.1) is 38.1 Å². The number of benzene rings is 2. The number of halogens is 3. The van der Waals surface area contributed by atoms with Crippen LogP contribution < -0.4 is 15.4 Å². The number of nitrogens with zero attached hydrogens (tertiary/aromatic N) is 4. The highest BCUT2D eigenvalue weighted by atomic mass is 32.2. The van der Waals surface area contributed by atoms with Crippen LogP contribution in [0, 0.1) is 17.1 Å². The van der Waals surface area contributed by atoms with E-state index in [1.54, 1.807) is 0 Å². The van der Waals surface area contributed by atoms with Gasteiger partial charge < -0.3 is 15.4 Å². The predicted octanol–water partition coefficient (Wildman–Crippen LogP) is 4.36. The van der Waals surface area contributed by atoms with Crippen molar-refractivity contribution >= 4 is 43.7 Å². The van der Waals surface area contributed by atoms with E-state index in [1.165, 1.54) is 19.1 Å². The first-order valence-corrected chi connectivity index (χ1v) is 12.7. The molecule has 1 aromatic heterocycles. The van der Waals surface area contributed by atoms with E-state index in [4.69, 9.17) is 10.00 Å². The first-order chi connectivity index (χ1) is 17.2. The van der Waals surface area contributed by atoms with E-state index in [9.17, 15) is 22.2 Å². The molecule has 1 saturated heterocycles. The zero-order valence-corrected chi connectivity index (χ0v) is 19.8. The summed E-state index contributed by atoms with van der Waals surface area (Å²) in [5, 5.41) is 14.0. The molecule has 3 aromatic rings. The van der Waals surface area contributed by atoms with Crippen molar-refractivity contribution in [3.63, 3.8) is 0 Å². The molecule has 1 atom stereocenters. The zero-order chi connectivity index (χ0) is 25.9. The van der Waals surface area contributed by atoms with Crippen molar-refractivity contribution in [1.82, 2.24) is 15.3 Å². The third kappa shape index (κ3) is 5.65. The van der Waals surface area contributed by atoms with Gasteiger partial charge in [-0.05, 0) is 37.6 Å². The Labute approximate surface area is 204 Å². The Balaban J connectivity index is 1.69. The third-order valence-electron chi connectivity index (χ3n) is 5.31. The van der Waals surface area contributed by atoms with Gasteiger partial charge in [0, 0.05) is 23.1 Å². The average molecular weight is 519 g/mol. The van der Waals surface area contributed by atoms with Crippen LogP contribution in [-0.2, 0) is 14.5 Å². The Kier molecular flexibility index (Phi) is 7.25. The van der Waals surface area contributed by atoms with Crippen LogP contribution in [0.2, 0.25) is 0 Å². The Morgan fingerprint density at radius 1 is 1.28 bits per heavy atom. The van der Waals surface area contributed by atoms with Gasteiger partial charge >= 0.3 is 0 Å². The van der Waals surface area contributed by atoms with E-state index in [-0.39, 0.29) is 33.8 Å². The first kappa shape index (κ1) is 25.2. The van der Waals surface area contributed by atoms with Crippen LogP contribution in [0.3, 0.4) is 0 Å². The molecule has 2 heterocycles. The van der Waals surface area contributed by atoms with Crippen LogP contribution >= 0.6 is 0 Å². The predicted molar refractivity (Wildman–Crippen MR) is 127 cm³/mol.